The molecule has 0 heterocycles. The lowest BCUT2D eigenvalue weighted by Gasteiger charge is -2.18. The lowest BCUT2D eigenvalue weighted by Crippen LogP contribution is -2.50. The van der Waals surface area contributed by atoms with Gasteiger partial charge in [-0.3, -0.25) is 4.79 Å². The Hall–Kier alpha value is -3.75. The van der Waals surface area contributed by atoms with E-state index in [0.29, 0.717) is 0 Å². The molecule has 1 unspecified atom stereocenters. The van der Waals surface area contributed by atoms with Gasteiger partial charge in [0.1, 0.15) is 23.1 Å². The summed E-state index contributed by atoms with van der Waals surface area (Å²) in [6.07, 6.45) is 0. The molecule has 4 N–H and O–H groups in total. The molecular weight excluding hydrogens is 378 g/mol. The minimum absolute atomic E-state index is 0.0669. The molecule has 0 aromatic heterocycles. The van der Waals surface area contributed by atoms with Crippen molar-refractivity contribution in [3.63, 3.8) is 0 Å². The highest BCUT2D eigenvalue weighted by molar-refractivity contribution is 6.01. The van der Waals surface area contributed by atoms with Gasteiger partial charge in [-0.15, -0.1) is 0 Å². The van der Waals surface area contributed by atoms with Gasteiger partial charge in [0.05, 0.1) is 20.8 Å². The fraction of sp³-hybridized carbons (Fsp3) is 0.250. The first kappa shape index (κ1) is 21.5. The van der Waals surface area contributed by atoms with Crippen LogP contribution in [0, 0.1) is 0 Å². The summed E-state index contributed by atoms with van der Waals surface area (Å²) in [5, 5.41) is 16.8. The maximum atomic E-state index is 12.6. The van der Waals surface area contributed by atoms with Crippen molar-refractivity contribution in [3.8, 4) is 11.5 Å². The number of methoxy groups -OCH3 is 2. The number of nitrogens with one attached hydrogen (secondary N) is 3. The van der Waals surface area contributed by atoms with Gasteiger partial charge in [-0.25, -0.2) is 9.59 Å². The molecule has 0 saturated carbocycles. The summed E-state index contributed by atoms with van der Waals surface area (Å²) >= 11 is 0. The molecule has 0 aliphatic carbocycles. The number of aliphatic carboxylic acids is 1. The molecule has 0 bridgehead atoms. The molecule has 2 rings (SSSR count). The summed E-state index contributed by atoms with van der Waals surface area (Å²) in [5.41, 5.74) is 0.964. The SMILES string of the molecule is COc1cccc(OC)c1C(=O)NC(CNC(=O)NCc1ccccc1)C(=O)O. The first-order chi connectivity index (χ1) is 14.0. The van der Waals surface area contributed by atoms with Crippen LogP contribution in [-0.4, -0.2) is 49.8 Å². The number of amides is 3. The second-order valence-corrected chi connectivity index (χ2v) is 5.95. The Labute approximate surface area is 168 Å². The van der Waals surface area contributed by atoms with Crippen molar-refractivity contribution < 1.29 is 29.0 Å². The van der Waals surface area contributed by atoms with E-state index in [-0.39, 0.29) is 30.2 Å². The lowest BCUT2D eigenvalue weighted by atomic mass is 10.1. The number of urea groups is 1. The van der Waals surface area contributed by atoms with E-state index in [2.05, 4.69) is 16.0 Å². The van der Waals surface area contributed by atoms with Crippen LogP contribution in [0.5, 0.6) is 11.5 Å². The quantitative estimate of drug-likeness (QED) is 0.503. The molecule has 0 spiro atoms. The van der Waals surface area contributed by atoms with E-state index in [9.17, 15) is 19.5 Å². The fourth-order valence-corrected chi connectivity index (χ4v) is 2.54. The van der Waals surface area contributed by atoms with Crippen molar-refractivity contribution in [2.24, 2.45) is 0 Å². The fourth-order valence-electron chi connectivity index (χ4n) is 2.54. The number of carboxylic acids is 1. The van der Waals surface area contributed by atoms with Crippen LogP contribution in [0.2, 0.25) is 0 Å². The lowest BCUT2D eigenvalue weighted by molar-refractivity contribution is -0.139. The van der Waals surface area contributed by atoms with Crippen molar-refractivity contribution >= 4 is 17.9 Å². The second-order valence-electron chi connectivity index (χ2n) is 5.95. The minimum atomic E-state index is -1.35. The largest absolute Gasteiger partial charge is 0.496 e. The zero-order chi connectivity index (χ0) is 21.2. The highest BCUT2D eigenvalue weighted by Gasteiger charge is 2.25. The van der Waals surface area contributed by atoms with E-state index in [0.717, 1.165) is 5.56 Å². The van der Waals surface area contributed by atoms with Gasteiger partial charge in [0.15, 0.2) is 0 Å². The summed E-state index contributed by atoms with van der Waals surface area (Å²) in [7, 11) is 2.78. The van der Waals surface area contributed by atoms with Crippen molar-refractivity contribution in [2.45, 2.75) is 12.6 Å². The predicted molar refractivity (Wildman–Crippen MR) is 105 cm³/mol. The van der Waals surface area contributed by atoms with Crippen molar-refractivity contribution in [2.75, 3.05) is 20.8 Å². The molecule has 9 nitrogen and oxygen atoms in total. The summed E-state index contributed by atoms with van der Waals surface area (Å²) < 4.78 is 10.3. The number of carbonyl (C=O) groups excluding carboxylic acids is 2. The first-order valence-electron chi connectivity index (χ1n) is 8.76. The van der Waals surface area contributed by atoms with Crippen LogP contribution in [0.25, 0.3) is 0 Å². The molecule has 0 aliphatic rings. The molecule has 2 aromatic carbocycles. The van der Waals surface area contributed by atoms with Gasteiger partial charge in [0.2, 0.25) is 0 Å². The van der Waals surface area contributed by atoms with E-state index in [1.165, 1.54) is 14.2 Å². The van der Waals surface area contributed by atoms with E-state index in [1.54, 1.807) is 18.2 Å². The molecule has 154 valence electrons. The monoisotopic (exact) mass is 401 g/mol. The molecule has 1 atom stereocenters. The highest BCUT2D eigenvalue weighted by atomic mass is 16.5. The van der Waals surface area contributed by atoms with Gasteiger partial charge in [-0.05, 0) is 17.7 Å². The molecular formula is C20H23N3O6. The van der Waals surface area contributed by atoms with Crippen LogP contribution in [0.3, 0.4) is 0 Å². The van der Waals surface area contributed by atoms with E-state index in [4.69, 9.17) is 9.47 Å². The summed E-state index contributed by atoms with van der Waals surface area (Å²) in [4.78, 5) is 36.1. The number of rotatable bonds is 9. The van der Waals surface area contributed by atoms with Gasteiger partial charge >= 0.3 is 12.0 Å². The second kappa shape index (κ2) is 10.5. The van der Waals surface area contributed by atoms with E-state index >= 15 is 0 Å². The van der Waals surface area contributed by atoms with Gasteiger partial charge in [-0.1, -0.05) is 36.4 Å². The third kappa shape index (κ3) is 6.13. The van der Waals surface area contributed by atoms with Crippen molar-refractivity contribution in [1.82, 2.24) is 16.0 Å². The first-order valence-corrected chi connectivity index (χ1v) is 8.76. The van der Waals surface area contributed by atoms with Crippen LogP contribution < -0.4 is 25.4 Å². The maximum Gasteiger partial charge on any atom is 0.328 e. The Kier molecular flexibility index (Phi) is 7.84. The smallest absolute Gasteiger partial charge is 0.328 e. The van der Waals surface area contributed by atoms with E-state index in [1.807, 2.05) is 30.3 Å². The van der Waals surface area contributed by atoms with Gasteiger partial charge in [0, 0.05) is 6.54 Å². The molecule has 29 heavy (non-hydrogen) atoms. The van der Waals surface area contributed by atoms with Gasteiger partial charge < -0.3 is 30.5 Å². The zero-order valence-corrected chi connectivity index (χ0v) is 16.1. The average Bonchev–Trinajstić information content (AvgIpc) is 2.74. The molecule has 3 amide bonds. The number of carbonyl (C=O) groups is 3. The van der Waals surface area contributed by atoms with Crippen molar-refractivity contribution in [1.29, 1.82) is 0 Å². The molecule has 0 fully saturated rings. The number of hydrogen-bond acceptors (Lipinski definition) is 5. The molecule has 0 saturated heterocycles. The van der Waals surface area contributed by atoms with Crippen LogP contribution in [0.15, 0.2) is 48.5 Å². The Bertz CT molecular complexity index is 834. The van der Waals surface area contributed by atoms with Crippen LogP contribution >= 0.6 is 0 Å². The summed E-state index contributed by atoms with van der Waals surface area (Å²) in [6, 6.07) is 12.1. The summed E-state index contributed by atoms with van der Waals surface area (Å²) in [5.74, 6) is -1.52. The highest BCUT2D eigenvalue weighted by Crippen LogP contribution is 2.28. The van der Waals surface area contributed by atoms with Crippen LogP contribution in [0.1, 0.15) is 15.9 Å². The zero-order valence-electron chi connectivity index (χ0n) is 16.1. The van der Waals surface area contributed by atoms with Crippen LogP contribution in [0.4, 0.5) is 4.79 Å². The van der Waals surface area contributed by atoms with E-state index < -0.39 is 23.9 Å². The number of hydrogen-bond donors (Lipinski definition) is 4. The van der Waals surface area contributed by atoms with Gasteiger partial charge in [-0.2, -0.15) is 0 Å². The maximum absolute atomic E-state index is 12.6. The molecule has 9 heteroatoms. The number of carboxylic acid groups (broad SMARTS) is 1. The normalized spacial score (nSPS) is 11.1. The van der Waals surface area contributed by atoms with Crippen molar-refractivity contribution in [3.05, 3.63) is 59.7 Å². The topological polar surface area (TPSA) is 126 Å². The predicted octanol–water partition coefficient (Wildman–Crippen LogP) is 1.39. The Morgan fingerprint density at radius 3 is 2.10 bits per heavy atom. The van der Waals surface area contributed by atoms with Gasteiger partial charge in [0.25, 0.3) is 5.91 Å². The number of ether oxygens (including phenoxy) is 2. The Morgan fingerprint density at radius 2 is 1.55 bits per heavy atom. The minimum Gasteiger partial charge on any atom is -0.496 e. The van der Waals surface area contributed by atoms with Crippen LogP contribution in [-0.2, 0) is 11.3 Å². The molecule has 2 aromatic rings. The average molecular weight is 401 g/mol. The third-order valence-electron chi connectivity index (χ3n) is 4.02. The standard InChI is InChI=1S/C20H23N3O6/c1-28-15-9-6-10-16(29-2)17(15)18(24)23-14(19(25)26)12-22-20(27)21-11-13-7-4-3-5-8-13/h3-10,14H,11-12H2,1-2H3,(H,23,24)(H,25,26)(H2,21,22,27). The summed E-state index contributed by atoms with van der Waals surface area (Å²) in [6.45, 7) is -0.0195. The molecule has 0 aliphatic heterocycles. The number of benzene rings is 2. The third-order valence-corrected chi connectivity index (χ3v) is 4.02. The Morgan fingerprint density at radius 1 is 0.931 bits per heavy atom. The Balaban J connectivity index is 1.97. The molecule has 0 radical (unpaired) electrons.